The van der Waals surface area contributed by atoms with E-state index in [9.17, 15) is 0 Å². The molecule has 0 spiro atoms. The number of furan rings is 1. The molecule has 3 nitrogen and oxygen atoms in total. The zero-order valence-electron chi connectivity index (χ0n) is 8.99. The lowest BCUT2D eigenvalue weighted by atomic mass is 10.0. The van der Waals surface area contributed by atoms with Gasteiger partial charge < -0.3 is 9.25 Å². The smallest absolute Gasteiger partial charge is 0.134 e. The third-order valence-corrected chi connectivity index (χ3v) is 2.67. The first-order valence-corrected chi connectivity index (χ1v) is 5.03. The highest BCUT2D eigenvalue weighted by atomic mass is 16.6. The van der Waals surface area contributed by atoms with Crippen molar-refractivity contribution in [1.82, 2.24) is 0 Å². The van der Waals surface area contributed by atoms with Crippen LogP contribution in [0.2, 0.25) is 0 Å². The Morgan fingerprint density at radius 2 is 2.13 bits per heavy atom. The zero-order valence-corrected chi connectivity index (χ0v) is 8.99. The normalized spacial score (nSPS) is 13.3. The molecule has 0 saturated heterocycles. The molecule has 0 radical (unpaired) electrons. The molecule has 0 aliphatic rings. The Labute approximate surface area is 88.8 Å². The highest BCUT2D eigenvalue weighted by Gasteiger charge is 2.15. The van der Waals surface area contributed by atoms with Gasteiger partial charge in [-0.1, -0.05) is 25.1 Å². The molecule has 0 aliphatic carbocycles. The minimum absolute atomic E-state index is 0.183. The number of rotatable bonds is 3. The fourth-order valence-corrected chi connectivity index (χ4v) is 1.88. The molecule has 1 aromatic heterocycles. The van der Waals surface area contributed by atoms with E-state index in [0.717, 1.165) is 16.7 Å². The number of para-hydroxylation sites is 1. The van der Waals surface area contributed by atoms with Crippen molar-refractivity contribution in [3.63, 3.8) is 0 Å². The van der Waals surface area contributed by atoms with Crippen LogP contribution in [-0.4, -0.2) is 6.61 Å². The largest absolute Gasteiger partial charge is 0.460 e. The van der Waals surface area contributed by atoms with Crippen LogP contribution < -0.4 is 5.90 Å². The first-order valence-electron chi connectivity index (χ1n) is 5.03. The minimum Gasteiger partial charge on any atom is -0.460 e. The molecule has 0 saturated carbocycles. The second kappa shape index (κ2) is 4.04. The summed E-state index contributed by atoms with van der Waals surface area (Å²) in [4.78, 5) is 4.65. The Morgan fingerprint density at radius 3 is 2.80 bits per heavy atom. The molecule has 2 aromatic rings. The average Bonchev–Trinajstić information content (AvgIpc) is 2.57. The summed E-state index contributed by atoms with van der Waals surface area (Å²) >= 11 is 0. The van der Waals surface area contributed by atoms with Crippen LogP contribution in [0.4, 0.5) is 0 Å². The third kappa shape index (κ3) is 1.76. The first kappa shape index (κ1) is 10.2. The second-order valence-electron chi connectivity index (χ2n) is 3.82. The van der Waals surface area contributed by atoms with Crippen LogP contribution in [0.25, 0.3) is 11.0 Å². The highest BCUT2D eigenvalue weighted by molar-refractivity contribution is 5.82. The molecule has 0 fully saturated rings. The standard InChI is InChI=1S/C12H15NO2/c1-8(7-14-13)12-9(2)10-5-3-4-6-11(10)15-12/h3-6,8H,7,13H2,1-2H3. The summed E-state index contributed by atoms with van der Waals surface area (Å²) in [6.07, 6.45) is 0. The molecule has 1 atom stereocenters. The molecule has 1 heterocycles. The number of nitrogens with two attached hydrogens (primary N) is 1. The van der Waals surface area contributed by atoms with Gasteiger partial charge in [0.25, 0.3) is 0 Å². The first-order chi connectivity index (χ1) is 7.24. The molecule has 80 valence electrons. The fourth-order valence-electron chi connectivity index (χ4n) is 1.88. The van der Waals surface area contributed by atoms with E-state index in [-0.39, 0.29) is 5.92 Å². The number of hydrogen-bond acceptors (Lipinski definition) is 3. The van der Waals surface area contributed by atoms with E-state index in [1.807, 2.05) is 25.1 Å². The topological polar surface area (TPSA) is 48.4 Å². The van der Waals surface area contributed by atoms with Gasteiger partial charge in [0.15, 0.2) is 0 Å². The van der Waals surface area contributed by atoms with E-state index in [1.54, 1.807) is 0 Å². The van der Waals surface area contributed by atoms with Crippen LogP contribution in [0.15, 0.2) is 28.7 Å². The van der Waals surface area contributed by atoms with E-state index in [2.05, 4.69) is 17.8 Å². The van der Waals surface area contributed by atoms with Gasteiger partial charge >= 0.3 is 0 Å². The molecule has 15 heavy (non-hydrogen) atoms. The van der Waals surface area contributed by atoms with Crippen LogP contribution in [0.3, 0.4) is 0 Å². The Kier molecular flexibility index (Phi) is 2.75. The Morgan fingerprint density at radius 1 is 1.40 bits per heavy atom. The van der Waals surface area contributed by atoms with Crippen LogP contribution in [0.1, 0.15) is 24.2 Å². The predicted molar refractivity (Wildman–Crippen MR) is 59.5 cm³/mol. The number of aryl methyl sites for hydroxylation is 1. The molecular weight excluding hydrogens is 190 g/mol. The molecule has 1 unspecified atom stereocenters. The number of fused-ring (bicyclic) bond motifs is 1. The maximum Gasteiger partial charge on any atom is 0.134 e. The lowest BCUT2D eigenvalue weighted by molar-refractivity contribution is 0.121. The van der Waals surface area contributed by atoms with E-state index >= 15 is 0 Å². The summed E-state index contributed by atoms with van der Waals surface area (Å²) in [7, 11) is 0. The average molecular weight is 205 g/mol. The Bertz CT molecular complexity index is 462. The Balaban J connectivity index is 2.48. The van der Waals surface area contributed by atoms with Gasteiger partial charge in [-0.05, 0) is 18.6 Å². The molecular formula is C12H15NO2. The van der Waals surface area contributed by atoms with Crippen molar-refractivity contribution in [1.29, 1.82) is 0 Å². The zero-order chi connectivity index (χ0) is 10.8. The maximum atomic E-state index is 5.78. The van der Waals surface area contributed by atoms with Crippen LogP contribution >= 0.6 is 0 Å². The monoisotopic (exact) mass is 205 g/mol. The van der Waals surface area contributed by atoms with Crippen LogP contribution in [0.5, 0.6) is 0 Å². The minimum atomic E-state index is 0.183. The van der Waals surface area contributed by atoms with Crippen molar-refractivity contribution in [2.75, 3.05) is 6.61 Å². The van der Waals surface area contributed by atoms with E-state index in [0.29, 0.717) is 6.61 Å². The van der Waals surface area contributed by atoms with Gasteiger partial charge in [0.05, 0.1) is 6.61 Å². The van der Waals surface area contributed by atoms with Crippen molar-refractivity contribution in [3.05, 3.63) is 35.6 Å². The summed E-state index contributed by atoms with van der Waals surface area (Å²) in [6.45, 7) is 4.58. The molecule has 2 N–H and O–H groups in total. The van der Waals surface area contributed by atoms with Crippen molar-refractivity contribution in [3.8, 4) is 0 Å². The maximum absolute atomic E-state index is 5.78. The summed E-state index contributed by atoms with van der Waals surface area (Å²) < 4.78 is 5.78. The summed E-state index contributed by atoms with van der Waals surface area (Å²) in [5.41, 5.74) is 2.10. The van der Waals surface area contributed by atoms with Gasteiger partial charge in [-0.2, -0.15) is 0 Å². The van der Waals surface area contributed by atoms with Gasteiger partial charge in [0, 0.05) is 11.3 Å². The van der Waals surface area contributed by atoms with E-state index in [4.69, 9.17) is 10.3 Å². The van der Waals surface area contributed by atoms with Gasteiger partial charge in [-0.15, -0.1) is 0 Å². The van der Waals surface area contributed by atoms with Crippen molar-refractivity contribution >= 4 is 11.0 Å². The van der Waals surface area contributed by atoms with Gasteiger partial charge in [0.1, 0.15) is 11.3 Å². The third-order valence-electron chi connectivity index (χ3n) is 2.67. The van der Waals surface area contributed by atoms with Gasteiger partial charge in [-0.25, -0.2) is 5.90 Å². The lowest BCUT2D eigenvalue weighted by Crippen LogP contribution is -2.08. The number of hydrogen-bond donors (Lipinski definition) is 1. The summed E-state index contributed by atoms with van der Waals surface area (Å²) in [5, 5.41) is 1.16. The van der Waals surface area contributed by atoms with Crippen LogP contribution in [-0.2, 0) is 4.84 Å². The molecule has 0 amide bonds. The summed E-state index contributed by atoms with van der Waals surface area (Å²) in [5.74, 6) is 6.21. The van der Waals surface area contributed by atoms with Crippen molar-refractivity contribution in [2.24, 2.45) is 5.90 Å². The predicted octanol–water partition coefficient (Wildman–Crippen LogP) is 2.74. The van der Waals surface area contributed by atoms with Gasteiger partial charge in [0.2, 0.25) is 0 Å². The number of benzene rings is 1. The van der Waals surface area contributed by atoms with Crippen LogP contribution in [0, 0.1) is 6.92 Å². The quantitative estimate of drug-likeness (QED) is 0.784. The highest BCUT2D eigenvalue weighted by Crippen LogP contribution is 2.29. The van der Waals surface area contributed by atoms with E-state index in [1.165, 1.54) is 5.56 Å². The SMILES string of the molecule is Cc1c(C(C)CON)oc2ccccc12. The molecule has 0 bridgehead atoms. The van der Waals surface area contributed by atoms with Crippen molar-refractivity contribution < 1.29 is 9.25 Å². The fraction of sp³-hybridized carbons (Fsp3) is 0.333. The summed E-state index contributed by atoms with van der Waals surface area (Å²) in [6, 6.07) is 8.02. The van der Waals surface area contributed by atoms with Crippen molar-refractivity contribution in [2.45, 2.75) is 19.8 Å². The van der Waals surface area contributed by atoms with E-state index < -0.39 is 0 Å². The van der Waals surface area contributed by atoms with Gasteiger partial charge in [-0.3, -0.25) is 0 Å². The molecule has 3 heteroatoms. The Hall–Kier alpha value is -1.32. The second-order valence-corrected chi connectivity index (χ2v) is 3.82. The molecule has 2 rings (SSSR count). The lowest BCUT2D eigenvalue weighted by Gasteiger charge is -2.06. The molecule has 0 aliphatic heterocycles. The molecule has 1 aromatic carbocycles.